The predicted molar refractivity (Wildman–Crippen MR) is 88.6 cm³/mol. The van der Waals surface area contributed by atoms with Crippen LogP contribution in [0.4, 0.5) is 5.69 Å². The molecule has 0 aliphatic rings. The van der Waals surface area contributed by atoms with E-state index in [9.17, 15) is 8.42 Å². The number of hydrogen-bond donors (Lipinski definition) is 1. The van der Waals surface area contributed by atoms with Gasteiger partial charge in [0, 0.05) is 5.56 Å². The van der Waals surface area contributed by atoms with E-state index in [0.29, 0.717) is 11.6 Å². The van der Waals surface area contributed by atoms with Crippen molar-refractivity contribution in [1.29, 1.82) is 5.26 Å². The van der Waals surface area contributed by atoms with E-state index >= 15 is 0 Å². The molecule has 2 N–H and O–H groups in total. The molecule has 0 saturated heterocycles. The van der Waals surface area contributed by atoms with Crippen molar-refractivity contribution in [2.75, 3.05) is 0 Å². The first-order chi connectivity index (χ1) is 10.9. The number of quaternary nitrogens is 1. The zero-order valence-electron chi connectivity index (χ0n) is 13.1. The van der Waals surface area contributed by atoms with Gasteiger partial charge < -0.3 is 10.0 Å². The molecule has 2 rings (SSSR count). The van der Waals surface area contributed by atoms with E-state index < -0.39 is 10.0 Å². The number of nitrogens with zero attached hydrogens (tertiary/aromatic N) is 2. The Bertz CT molecular complexity index is 806. The van der Waals surface area contributed by atoms with Gasteiger partial charge in [0.25, 0.3) is 0 Å². The summed E-state index contributed by atoms with van der Waals surface area (Å²) in [7, 11) is -3.78. The van der Waals surface area contributed by atoms with E-state index in [1.54, 1.807) is 42.5 Å². The van der Waals surface area contributed by atoms with Crippen molar-refractivity contribution >= 4 is 15.7 Å². The monoisotopic (exact) mass is 329 g/mol. The van der Waals surface area contributed by atoms with Gasteiger partial charge in [-0.2, -0.15) is 5.26 Å². The van der Waals surface area contributed by atoms with Crippen molar-refractivity contribution < 1.29 is 13.7 Å². The first-order valence-corrected chi connectivity index (χ1v) is 8.75. The Kier molecular flexibility index (Phi) is 5.37. The zero-order valence-corrected chi connectivity index (χ0v) is 13.9. The molecule has 2 aromatic carbocycles. The highest BCUT2D eigenvalue weighted by Crippen LogP contribution is 2.28. The molecule has 0 amide bonds. The van der Waals surface area contributed by atoms with Crippen LogP contribution in [0.1, 0.15) is 25.0 Å². The highest BCUT2D eigenvalue weighted by Gasteiger charge is 2.06. The molecule has 0 spiro atoms. The predicted octanol–water partition coefficient (Wildman–Crippen LogP) is 2.42. The Balaban J connectivity index is 2.14. The summed E-state index contributed by atoms with van der Waals surface area (Å²) in [4.78, 5) is 0.146. The van der Waals surface area contributed by atoms with Gasteiger partial charge in [0.1, 0.15) is 16.6 Å². The first kappa shape index (κ1) is 17.0. The number of nitriles is 1. The summed E-state index contributed by atoms with van der Waals surface area (Å²) >= 11 is 0. The van der Waals surface area contributed by atoms with E-state index in [-0.39, 0.29) is 10.6 Å². The average molecular weight is 329 g/mol. The van der Waals surface area contributed by atoms with Gasteiger partial charge in [-0.05, 0) is 32.0 Å². The second kappa shape index (κ2) is 7.27. The van der Waals surface area contributed by atoms with Crippen molar-refractivity contribution in [3.8, 4) is 6.07 Å². The van der Waals surface area contributed by atoms with Crippen LogP contribution in [0.25, 0.3) is 4.72 Å². The van der Waals surface area contributed by atoms with Crippen molar-refractivity contribution in [2.24, 2.45) is 0 Å². The molecule has 0 heterocycles. The largest absolute Gasteiger partial charge is 0.573 e. The van der Waals surface area contributed by atoms with Gasteiger partial charge in [-0.1, -0.05) is 30.3 Å². The molecular weight excluding hydrogens is 310 g/mol. The van der Waals surface area contributed by atoms with E-state index in [1.165, 1.54) is 6.07 Å². The quantitative estimate of drug-likeness (QED) is 0.882. The topological polar surface area (TPSA) is 88.6 Å². The van der Waals surface area contributed by atoms with E-state index in [4.69, 9.17) is 5.26 Å². The van der Waals surface area contributed by atoms with Crippen LogP contribution >= 0.6 is 0 Å². The van der Waals surface area contributed by atoms with Crippen LogP contribution in [-0.2, 0) is 16.6 Å². The van der Waals surface area contributed by atoms with Crippen LogP contribution in [0, 0.1) is 11.3 Å². The van der Waals surface area contributed by atoms with Crippen molar-refractivity contribution in [3.63, 3.8) is 0 Å². The van der Waals surface area contributed by atoms with E-state index in [1.807, 2.05) is 6.07 Å². The first-order valence-electron chi connectivity index (χ1n) is 7.31. The lowest BCUT2D eigenvalue weighted by atomic mass is 10.2. The van der Waals surface area contributed by atoms with Gasteiger partial charge in [-0.3, -0.25) is 0 Å². The normalized spacial score (nSPS) is 11.2. The zero-order chi connectivity index (χ0) is 16.9. The van der Waals surface area contributed by atoms with Gasteiger partial charge in [0.2, 0.25) is 0 Å². The maximum absolute atomic E-state index is 12.3. The number of nitrogens with two attached hydrogens (primary N) is 1. The third-order valence-corrected chi connectivity index (χ3v) is 4.57. The molecule has 0 fully saturated rings. The second-order valence-corrected chi connectivity index (χ2v) is 7.16. The van der Waals surface area contributed by atoms with Crippen LogP contribution < -0.4 is 5.32 Å². The molecule has 120 valence electrons. The Morgan fingerprint density at radius 1 is 1.17 bits per heavy atom. The van der Waals surface area contributed by atoms with Gasteiger partial charge in [-0.25, -0.2) is 8.42 Å². The van der Waals surface area contributed by atoms with Gasteiger partial charge in [0.15, 0.2) is 0 Å². The minimum Gasteiger partial charge on any atom is -0.573 e. The maximum atomic E-state index is 12.3. The molecule has 6 heteroatoms. The summed E-state index contributed by atoms with van der Waals surface area (Å²) in [5.74, 6) is 0. The van der Waals surface area contributed by atoms with E-state index in [2.05, 4.69) is 23.9 Å². The van der Waals surface area contributed by atoms with Crippen LogP contribution in [0.2, 0.25) is 0 Å². The molecule has 0 aliphatic heterocycles. The summed E-state index contributed by atoms with van der Waals surface area (Å²) in [6.45, 7) is 5.01. The highest BCUT2D eigenvalue weighted by molar-refractivity contribution is 7.94. The van der Waals surface area contributed by atoms with Crippen LogP contribution in [0.5, 0.6) is 0 Å². The number of benzene rings is 2. The van der Waals surface area contributed by atoms with Crippen molar-refractivity contribution in [1.82, 2.24) is 0 Å². The van der Waals surface area contributed by atoms with Crippen LogP contribution in [0.15, 0.2) is 53.4 Å². The smallest absolute Gasteiger partial charge is 0.123 e. The van der Waals surface area contributed by atoms with Crippen molar-refractivity contribution in [2.45, 2.75) is 31.3 Å². The Hall–Kier alpha value is -2.36. The summed E-state index contributed by atoms with van der Waals surface area (Å²) in [5.41, 5.74) is 1.69. The van der Waals surface area contributed by atoms with Gasteiger partial charge in [-0.15, -0.1) is 5.69 Å². The van der Waals surface area contributed by atoms with Crippen LogP contribution in [-0.4, -0.2) is 14.5 Å². The summed E-state index contributed by atoms with van der Waals surface area (Å²) in [6, 6.07) is 15.4. The Morgan fingerprint density at radius 3 is 2.48 bits per heavy atom. The lowest BCUT2D eigenvalue weighted by molar-refractivity contribution is -0.698. The fourth-order valence-corrected chi connectivity index (χ4v) is 2.97. The lowest BCUT2D eigenvalue weighted by Crippen LogP contribution is -2.86. The van der Waals surface area contributed by atoms with Crippen molar-refractivity contribution in [3.05, 3.63) is 64.4 Å². The minimum atomic E-state index is -3.78. The lowest BCUT2D eigenvalue weighted by Gasteiger charge is -2.22. The summed E-state index contributed by atoms with van der Waals surface area (Å²) in [5, 5.41) is 11.0. The number of sulfonamides is 1. The molecule has 0 saturated carbocycles. The van der Waals surface area contributed by atoms with Gasteiger partial charge in [0.05, 0.1) is 22.6 Å². The standard InChI is InChI=1S/C17H18N3O2S/c1-13(2)19-12-14-6-8-17(9-7-14)23(21,22)20-16-5-3-4-15(10-16)11-18/h3-10,13,19H,12H2,1-2H3/q-1/p+1. The second-order valence-electron chi connectivity index (χ2n) is 5.56. The average Bonchev–Trinajstić information content (AvgIpc) is 2.53. The molecule has 0 radical (unpaired) electrons. The third-order valence-electron chi connectivity index (χ3n) is 3.25. The van der Waals surface area contributed by atoms with Crippen LogP contribution in [0.3, 0.4) is 0 Å². The molecule has 23 heavy (non-hydrogen) atoms. The fraction of sp³-hybridized carbons (Fsp3) is 0.235. The third kappa shape index (κ3) is 4.81. The Labute approximate surface area is 137 Å². The molecule has 0 bridgehead atoms. The molecule has 0 aliphatic carbocycles. The minimum absolute atomic E-state index is 0.146. The molecular formula is C17H19N3O2S. The summed E-state index contributed by atoms with van der Waals surface area (Å²) < 4.78 is 28.4. The molecule has 0 atom stereocenters. The summed E-state index contributed by atoms with van der Waals surface area (Å²) in [6.07, 6.45) is 0. The molecule has 2 aromatic rings. The maximum Gasteiger partial charge on any atom is 0.123 e. The molecule has 0 aromatic heterocycles. The molecule has 0 unspecified atom stereocenters. The number of rotatable bonds is 6. The Morgan fingerprint density at radius 2 is 1.87 bits per heavy atom. The highest BCUT2D eigenvalue weighted by atomic mass is 32.2. The number of hydrogen-bond acceptors (Lipinski definition) is 3. The SMILES string of the molecule is CC(C)[NH2+]Cc1ccc(S(=O)(=O)[N-]c2cccc(C#N)c2)cc1. The van der Waals surface area contributed by atoms with E-state index in [0.717, 1.165) is 12.1 Å². The fourth-order valence-electron chi connectivity index (χ4n) is 1.99. The molecule has 5 nitrogen and oxygen atoms in total. The van der Waals surface area contributed by atoms with Gasteiger partial charge >= 0.3 is 0 Å².